The molecule has 0 bridgehead atoms. The van der Waals surface area contributed by atoms with Crippen molar-refractivity contribution in [3.8, 4) is 0 Å². The van der Waals surface area contributed by atoms with E-state index >= 15 is 0 Å². The van der Waals surface area contributed by atoms with E-state index in [-0.39, 0.29) is 19.0 Å². The average molecular weight is 383 g/mol. The molecule has 0 unspecified atom stereocenters. The van der Waals surface area contributed by atoms with Crippen LogP contribution in [0.3, 0.4) is 0 Å². The van der Waals surface area contributed by atoms with Crippen LogP contribution in [0.25, 0.3) is 0 Å². The van der Waals surface area contributed by atoms with Gasteiger partial charge in [0.25, 0.3) is 0 Å². The molecule has 1 aliphatic heterocycles. The number of esters is 3. The normalized spacial score (nSPS) is 24.3. The van der Waals surface area contributed by atoms with Crippen molar-refractivity contribution in [2.75, 3.05) is 18.9 Å². The topological polar surface area (TPSA) is 149 Å². The Hall–Kier alpha value is -2.95. The third-order valence-electron chi connectivity index (χ3n) is 3.85. The molecule has 2 heterocycles. The number of nitrogen functional groups attached to an aromatic ring is 1. The second-order valence-electron chi connectivity index (χ2n) is 5.95. The minimum absolute atomic E-state index is 0.0196. The van der Waals surface area contributed by atoms with Crippen LogP contribution >= 0.6 is 0 Å². The third kappa shape index (κ3) is 5.26. The molecule has 27 heavy (non-hydrogen) atoms. The van der Waals surface area contributed by atoms with E-state index in [0.29, 0.717) is 0 Å². The molecule has 1 fully saturated rings. The van der Waals surface area contributed by atoms with Gasteiger partial charge in [-0.2, -0.15) is 4.98 Å². The van der Waals surface area contributed by atoms with Crippen molar-refractivity contribution < 1.29 is 33.3 Å². The minimum atomic E-state index is -1.06. The molecule has 1 saturated heterocycles. The van der Waals surface area contributed by atoms with Crippen LogP contribution in [-0.4, -0.2) is 52.9 Å². The zero-order valence-corrected chi connectivity index (χ0v) is 15.1. The van der Waals surface area contributed by atoms with E-state index in [2.05, 4.69) is 4.98 Å². The van der Waals surface area contributed by atoms with Crippen LogP contribution in [0.1, 0.15) is 27.0 Å². The van der Waals surface area contributed by atoms with Crippen molar-refractivity contribution in [2.24, 2.45) is 5.92 Å². The van der Waals surface area contributed by atoms with Gasteiger partial charge in [0.05, 0.1) is 5.92 Å². The number of carbonyl (C=O) groups is 3. The highest BCUT2D eigenvalue weighted by Gasteiger charge is 2.49. The van der Waals surface area contributed by atoms with Crippen LogP contribution in [-0.2, 0) is 33.3 Å². The van der Waals surface area contributed by atoms with Crippen LogP contribution in [0.5, 0.6) is 0 Å². The van der Waals surface area contributed by atoms with Crippen LogP contribution in [0, 0.1) is 5.92 Å². The maximum atomic E-state index is 12.2. The van der Waals surface area contributed by atoms with Gasteiger partial charge in [0.1, 0.15) is 25.1 Å². The molecule has 148 valence electrons. The zero-order chi connectivity index (χ0) is 20.1. The van der Waals surface area contributed by atoms with Crippen molar-refractivity contribution in [1.82, 2.24) is 9.55 Å². The highest BCUT2D eigenvalue weighted by atomic mass is 16.6. The summed E-state index contributed by atoms with van der Waals surface area (Å²) in [5.41, 5.74) is 4.78. The van der Waals surface area contributed by atoms with E-state index in [0.717, 1.165) is 4.57 Å². The largest absolute Gasteiger partial charge is 0.465 e. The molecule has 1 aromatic rings. The van der Waals surface area contributed by atoms with Gasteiger partial charge < -0.3 is 24.7 Å². The fourth-order valence-electron chi connectivity index (χ4n) is 2.74. The van der Waals surface area contributed by atoms with Crippen molar-refractivity contribution in [1.29, 1.82) is 0 Å². The number of carbonyl (C=O) groups excluding carboxylic acids is 3. The SMILES string of the molecule is CC(=O)OC[C@H]1[C@@H](OC(C)=O)[C@H](n2ccc(N)nc2=O)O[C@@H]1COC(C)=O. The summed E-state index contributed by atoms with van der Waals surface area (Å²) >= 11 is 0. The molecule has 4 atom stereocenters. The molecule has 2 rings (SSSR count). The summed E-state index contributed by atoms with van der Waals surface area (Å²) in [7, 11) is 0. The van der Waals surface area contributed by atoms with Gasteiger partial charge in [-0.3, -0.25) is 19.0 Å². The molecular formula is C16H21N3O8. The number of hydrogen-bond acceptors (Lipinski definition) is 10. The van der Waals surface area contributed by atoms with E-state index in [1.54, 1.807) is 0 Å². The van der Waals surface area contributed by atoms with Gasteiger partial charge in [-0.1, -0.05) is 0 Å². The Kier molecular flexibility index (Phi) is 6.50. The number of nitrogens with zero attached hydrogens (tertiary/aromatic N) is 2. The first-order valence-corrected chi connectivity index (χ1v) is 8.13. The summed E-state index contributed by atoms with van der Waals surface area (Å²) in [6.07, 6.45) is -1.48. The fraction of sp³-hybridized carbons (Fsp3) is 0.562. The molecule has 11 nitrogen and oxygen atoms in total. The lowest BCUT2D eigenvalue weighted by atomic mass is 9.99. The second kappa shape index (κ2) is 8.62. The van der Waals surface area contributed by atoms with Gasteiger partial charge in [-0.15, -0.1) is 0 Å². The smallest absolute Gasteiger partial charge is 0.351 e. The Morgan fingerprint density at radius 3 is 2.33 bits per heavy atom. The van der Waals surface area contributed by atoms with Gasteiger partial charge in [-0.25, -0.2) is 4.79 Å². The van der Waals surface area contributed by atoms with Crippen molar-refractivity contribution in [3.63, 3.8) is 0 Å². The Labute approximate surface area is 154 Å². The van der Waals surface area contributed by atoms with Gasteiger partial charge in [0, 0.05) is 27.0 Å². The minimum Gasteiger partial charge on any atom is -0.465 e. The van der Waals surface area contributed by atoms with Crippen molar-refractivity contribution >= 4 is 23.7 Å². The summed E-state index contributed by atoms with van der Waals surface area (Å²) in [4.78, 5) is 49.7. The molecule has 0 amide bonds. The fourth-order valence-corrected chi connectivity index (χ4v) is 2.74. The van der Waals surface area contributed by atoms with Crippen LogP contribution in [0.4, 0.5) is 5.82 Å². The summed E-state index contributed by atoms with van der Waals surface area (Å²) in [6, 6.07) is 1.38. The summed E-state index contributed by atoms with van der Waals surface area (Å²) in [6.45, 7) is 3.32. The van der Waals surface area contributed by atoms with Crippen molar-refractivity contribution in [2.45, 2.75) is 39.2 Å². The zero-order valence-electron chi connectivity index (χ0n) is 15.1. The first-order chi connectivity index (χ1) is 12.7. The number of anilines is 1. The molecule has 0 saturated carbocycles. The molecule has 0 aliphatic carbocycles. The number of rotatable bonds is 6. The van der Waals surface area contributed by atoms with Gasteiger partial charge >= 0.3 is 23.6 Å². The number of ether oxygens (including phenoxy) is 4. The maximum absolute atomic E-state index is 12.2. The molecule has 1 aliphatic rings. The Morgan fingerprint density at radius 1 is 1.15 bits per heavy atom. The van der Waals surface area contributed by atoms with E-state index in [1.807, 2.05) is 0 Å². The molecule has 0 radical (unpaired) electrons. The summed E-state index contributed by atoms with van der Waals surface area (Å²) in [5, 5.41) is 0. The van der Waals surface area contributed by atoms with E-state index in [1.165, 1.54) is 33.0 Å². The number of hydrogen-bond donors (Lipinski definition) is 1. The van der Waals surface area contributed by atoms with Gasteiger partial charge in [-0.05, 0) is 6.07 Å². The first-order valence-electron chi connectivity index (χ1n) is 8.13. The standard InChI is InChI=1S/C16H21N3O8/c1-8(20)24-6-11-12(7-25-9(2)21)27-15(14(11)26-10(3)22)19-5-4-13(17)18-16(19)23/h4-5,11-12,14-15H,6-7H2,1-3H3,(H2,17,18,23)/t11-,12-,14-,15-/m1/s1. The average Bonchev–Trinajstić information content (AvgIpc) is 2.87. The highest BCUT2D eigenvalue weighted by Crippen LogP contribution is 2.36. The first kappa shape index (κ1) is 20.4. The van der Waals surface area contributed by atoms with E-state index in [4.69, 9.17) is 24.7 Å². The quantitative estimate of drug-likeness (QED) is 0.498. The van der Waals surface area contributed by atoms with Crippen LogP contribution in [0.2, 0.25) is 0 Å². The maximum Gasteiger partial charge on any atom is 0.351 e. The molecule has 0 aromatic carbocycles. The van der Waals surface area contributed by atoms with E-state index in [9.17, 15) is 19.2 Å². The molecule has 2 N–H and O–H groups in total. The monoisotopic (exact) mass is 383 g/mol. The molecule has 0 spiro atoms. The highest BCUT2D eigenvalue weighted by molar-refractivity contribution is 5.67. The Bertz CT molecular complexity index is 777. The van der Waals surface area contributed by atoms with E-state index < -0.39 is 48.0 Å². The Morgan fingerprint density at radius 2 is 1.78 bits per heavy atom. The number of nitrogens with two attached hydrogens (primary N) is 1. The number of aromatic nitrogens is 2. The van der Waals surface area contributed by atoms with Crippen LogP contribution < -0.4 is 11.4 Å². The lowest BCUT2D eigenvalue weighted by Gasteiger charge is -2.24. The van der Waals surface area contributed by atoms with Gasteiger partial charge in [0.2, 0.25) is 0 Å². The lowest BCUT2D eigenvalue weighted by Crippen LogP contribution is -2.38. The third-order valence-corrected chi connectivity index (χ3v) is 3.85. The predicted octanol–water partition coefficient (Wildman–Crippen LogP) is -0.603. The molecule has 11 heteroatoms. The lowest BCUT2D eigenvalue weighted by molar-refractivity contribution is -0.155. The molecular weight excluding hydrogens is 362 g/mol. The predicted molar refractivity (Wildman–Crippen MR) is 89.1 cm³/mol. The molecule has 1 aromatic heterocycles. The van der Waals surface area contributed by atoms with Crippen molar-refractivity contribution in [3.05, 3.63) is 22.7 Å². The summed E-state index contributed by atoms with van der Waals surface area (Å²) in [5.74, 6) is -2.36. The van der Waals surface area contributed by atoms with Gasteiger partial charge in [0.15, 0.2) is 12.3 Å². The second-order valence-corrected chi connectivity index (χ2v) is 5.95. The summed E-state index contributed by atoms with van der Waals surface area (Å²) < 4.78 is 22.3. The Balaban J connectivity index is 2.37. The van der Waals surface area contributed by atoms with Crippen LogP contribution in [0.15, 0.2) is 17.1 Å².